The van der Waals surface area contributed by atoms with E-state index in [1.807, 2.05) is 30.5 Å². The Bertz CT molecular complexity index is 1100. The smallest absolute Gasteiger partial charge is 0.311 e. The lowest BCUT2D eigenvalue weighted by Gasteiger charge is -2.34. The van der Waals surface area contributed by atoms with E-state index < -0.39 is 0 Å². The molecular weight excluding hydrogens is 422 g/mol. The van der Waals surface area contributed by atoms with Crippen LogP contribution in [0.25, 0.3) is 16.9 Å². The lowest BCUT2D eigenvalue weighted by molar-refractivity contribution is -0.134. The fourth-order valence-corrected chi connectivity index (χ4v) is 4.45. The van der Waals surface area contributed by atoms with Crippen LogP contribution >= 0.6 is 11.6 Å². The molecule has 0 atom stereocenters. The molecule has 0 radical (unpaired) electrons. The average molecular weight is 456 g/mol. The molecule has 0 saturated heterocycles. The molecule has 3 rings (SSSR count). The van der Waals surface area contributed by atoms with Crippen molar-refractivity contribution in [3.05, 3.63) is 48.2 Å². The summed E-state index contributed by atoms with van der Waals surface area (Å²) in [5, 5.41) is 3.76. The number of nitrogens with one attached hydrogen (secondary N) is 1. The first-order valence-corrected chi connectivity index (χ1v) is 11.7. The van der Waals surface area contributed by atoms with Crippen molar-refractivity contribution in [1.82, 2.24) is 9.38 Å². The summed E-state index contributed by atoms with van der Waals surface area (Å²) in [6.07, 6.45) is 3.92. The normalized spacial score (nSPS) is 12.2. The summed E-state index contributed by atoms with van der Waals surface area (Å²) in [6.45, 7) is 13.2. The first kappa shape index (κ1) is 24.1. The van der Waals surface area contributed by atoms with Gasteiger partial charge in [-0.15, -0.1) is 11.6 Å². The lowest BCUT2D eigenvalue weighted by atomic mass is 9.82. The number of aromatic nitrogens is 2. The highest BCUT2D eigenvalue weighted by molar-refractivity contribution is 6.17. The van der Waals surface area contributed by atoms with Crippen LogP contribution in [0, 0.1) is 12.3 Å². The molecule has 1 aromatic carbocycles. The minimum absolute atomic E-state index is 0.154. The minimum atomic E-state index is -0.279. The van der Waals surface area contributed by atoms with E-state index in [2.05, 4.69) is 57.3 Å². The summed E-state index contributed by atoms with van der Waals surface area (Å²) in [6, 6.07) is 11.6. The van der Waals surface area contributed by atoms with E-state index in [9.17, 15) is 4.79 Å². The summed E-state index contributed by atoms with van der Waals surface area (Å²) in [5.41, 5.74) is 3.74. The van der Waals surface area contributed by atoms with E-state index in [-0.39, 0.29) is 16.9 Å². The molecule has 2 heterocycles. The molecular formula is C26H34ClN3O2. The van der Waals surface area contributed by atoms with Gasteiger partial charge in [-0.3, -0.25) is 9.20 Å². The molecule has 0 unspecified atom stereocenters. The fraction of sp³-hybridized carbons (Fsp3) is 0.462. The lowest BCUT2D eigenvalue weighted by Crippen LogP contribution is -2.36. The summed E-state index contributed by atoms with van der Waals surface area (Å²) in [5.74, 6) is 1.60. The van der Waals surface area contributed by atoms with Gasteiger partial charge in [-0.25, -0.2) is 4.98 Å². The van der Waals surface area contributed by atoms with Gasteiger partial charge in [0, 0.05) is 29.6 Å². The van der Waals surface area contributed by atoms with Crippen molar-refractivity contribution in [1.29, 1.82) is 0 Å². The number of carbonyl (C=O) groups is 1. The summed E-state index contributed by atoms with van der Waals surface area (Å²) in [4.78, 5) is 17.1. The van der Waals surface area contributed by atoms with Gasteiger partial charge in [0.25, 0.3) is 0 Å². The molecule has 0 spiro atoms. The number of anilines is 1. The van der Waals surface area contributed by atoms with Crippen LogP contribution in [0.3, 0.4) is 0 Å². The number of halogens is 1. The molecule has 6 heteroatoms. The van der Waals surface area contributed by atoms with Crippen molar-refractivity contribution in [2.45, 2.75) is 66.3 Å². The quantitative estimate of drug-likeness (QED) is 0.229. The number of imidazole rings is 1. The third kappa shape index (κ3) is 6.04. The molecule has 32 heavy (non-hydrogen) atoms. The van der Waals surface area contributed by atoms with Crippen molar-refractivity contribution in [3.8, 4) is 17.0 Å². The van der Waals surface area contributed by atoms with E-state index in [1.165, 1.54) is 0 Å². The molecule has 0 aliphatic carbocycles. The molecule has 0 amide bonds. The first-order valence-electron chi connectivity index (χ1n) is 11.1. The number of rotatable bonds is 8. The summed E-state index contributed by atoms with van der Waals surface area (Å²) < 4.78 is 7.64. The zero-order valence-electron chi connectivity index (χ0n) is 20.0. The van der Waals surface area contributed by atoms with E-state index in [4.69, 9.17) is 21.3 Å². The number of carbonyl (C=O) groups excluding carboxylic acids is 1. The number of benzene rings is 1. The topological polar surface area (TPSA) is 55.6 Å². The second-order valence-electron chi connectivity index (χ2n) is 10.2. The first-order chi connectivity index (χ1) is 15.0. The molecule has 0 aliphatic heterocycles. The van der Waals surface area contributed by atoms with Crippen LogP contribution in [0.5, 0.6) is 5.75 Å². The van der Waals surface area contributed by atoms with E-state index in [1.54, 1.807) is 6.07 Å². The number of pyridine rings is 1. The Morgan fingerprint density at radius 1 is 1.16 bits per heavy atom. The van der Waals surface area contributed by atoms with Crippen molar-refractivity contribution in [2.75, 3.05) is 11.2 Å². The molecule has 0 bridgehead atoms. The highest BCUT2D eigenvalue weighted by Gasteiger charge is 2.28. The molecule has 172 valence electrons. The zero-order chi connectivity index (χ0) is 23.5. The SMILES string of the molecule is Cc1cccn2c(NC(C)(C)CC(C)(C)C)c(-c3cccc(OC(=O)CCCCl)c3)nc12. The molecule has 5 nitrogen and oxygen atoms in total. The standard InChI is InChI=1S/C26H34ClN3O2/c1-18-10-9-15-30-23(18)28-22(24(30)29-26(5,6)17-25(2,3)4)19-11-7-12-20(16-19)32-21(31)13-8-14-27/h7,9-12,15-16,29H,8,13-14,17H2,1-6H3. The number of nitrogens with zero attached hydrogens (tertiary/aromatic N) is 2. The number of hydrogen-bond donors (Lipinski definition) is 1. The highest BCUT2D eigenvalue weighted by atomic mass is 35.5. The number of esters is 1. The third-order valence-electron chi connectivity index (χ3n) is 5.13. The van der Waals surface area contributed by atoms with Crippen molar-refractivity contribution in [2.24, 2.45) is 5.41 Å². The summed E-state index contributed by atoms with van der Waals surface area (Å²) in [7, 11) is 0. The van der Waals surface area contributed by atoms with E-state index in [0.29, 0.717) is 24.5 Å². The van der Waals surface area contributed by atoms with Gasteiger partial charge in [0.05, 0.1) is 0 Å². The highest BCUT2D eigenvalue weighted by Crippen LogP contribution is 2.36. The van der Waals surface area contributed by atoms with Gasteiger partial charge in [0.15, 0.2) is 0 Å². The maximum atomic E-state index is 12.1. The molecule has 3 aromatic rings. The second kappa shape index (κ2) is 9.53. The Balaban J connectivity index is 2.03. The maximum absolute atomic E-state index is 12.1. The van der Waals surface area contributed by atoms with Gasteiger partial charge in [0.1, 0.15) is 22.9 Å². The van der Waals surface area contributed by atoms with Crippen molar-refractivity contribution < 1.29 is 9.53 Å². The van der Waals surface area contributed by atoms with Gasteiger partial charge in [0.2, 0.25) is 0 Å². The average Bonchev–Trinajstić information content (AvgIpc) is 3.04. The number of aryl methyl sites for hydroxylation is 1. The Morgan fingerprint density at radius 2 is 1.91 bits per heavy atom. The minimum Gasteiger partial charge on any atom is -0.427 e. The van der Waals surface area contributed by atoms with Gasteiger partial charge < -0.3 is 10.1 Å². The predicted molar refractivity (Wildman–Crippen MR) is 133 cm³/mol. The maximum Gasteiger partial charge on any atom is 0.311 e. The van der Waals surface area contributed by atoms with Crippen molar-refractivity contribution in [3.63, 3.8) is 0 Å². The number of ether oxygens (including phenoxy) is 1. The van der Waals surface area contributed by atoms with Gasteiger partial charge in [-0.1, -0.05) is 39.0 Å². The van der Waals surface area contributed by atoms with Crippen LogP contribution in [0.4, 0.5) is 5.82 Å². The number of hydrogen-bond acceptors (Lipinski definition) is 4. The largest absolute Gasteiger partial charge is 0.427 e. The molecule has 2 aromatic heterocycles. The monoisotopic (exact) mass is 455 g/mol. The summed E-state index contributed by atoms with van der Waals surface area (Å²) >= 11 is 5.69. The molecule has 1 N–H and O–H groups in total. The van der Waals surface area contributed by atoms with Crippen LogP contribution < -0.4 is 10.1 Å². The van der Waals surface area contributed by atoms with Crippen LogP contribution in [-0.2, 0) is 4.79 Å². The van der Waals surface area contributed by atoms with Crippen LogP contribution in [-0.4, -0.2) is 26.8 Å². The van der Waals surface area contributed by atoms with E-state index in [0.717, 1.165) is 34.7 Å². The second-order valence-corrected chi connectivity index (χ2v) is 10.6. The Hall–Kier alpha value is -2.53. The number of alkyl halides is 1. The molecule has 0 saturated carbocycles. The fourth-order valence-electron chi connectivity index (χ4n) is 4.32. The van der Waals surface area contributed by atoms with Gasteiger partial charge in [-0.05, 0) is 62.8 Å². The van der Waals surface area contributed by atoms with Crippen LogP contribution in [0.1, 0.15) is 59.4 Å². The zero-order valence-corrected chi connectivity index (χ0v) is 20.7. The number of fused-ring (bicyclic) bond motifs is 1. The molecule has 0 fully saturated rings. The van der Waals surface area contributed by atoms with Crippen LogP contribution in [0.2, 0.25) is 0 Å². The van der Waals surface area contributed by atoms with E-state index >= 15 is 0 Å². The van der Waals surface area contributed by atoms with Crippen LogP contribution in [0.15, 0.2) is 42.6 Å². The van der Waals surface area contributed by atoms with Gasteiger partial charge >= 0.3 is 5.97 Å². The molecule has 0 aliphatic rings. The Kier molecular flexibility index (Phi) is 7.19. The Morgan fingerprint density at radius 3 is 2.59 bits per heavy atom. The predicted octanol–water partition coefficient (Wildman–Crippen LogP) is 6.86. The van der Waals surface area contributed by atoms with Gasteiger partial charge in [-0.2, -0.15) is 0 Å². The Labute approximate surface area is 196 Å². The third-order valence-corrected chi connectivity index (χ3v) is 5.40. The van der Waals surface area contributed by atoms with Crippen molar-refractivity contribution >= 4 is 29.0 Å².